The van der Waals surface area contributed by atoms with Crippen molar-refractivity contribution in [2.24, 2.45) is 5.92 Å². The van der Waals surface area contributed by atoms with E-state index in [4.69, 9.17) is 23.2 Å². The van der Waals surface area contributed by atoms with Gasteiger partial charge in [-0.15, -0.1) is 11.6 Å². The van der Waals surface area contributed by atoms with Gasteiger partial charge >= 0.3 is 0 Å². The molecule has 1 aliphatic rings. The van der Waals surface area contributed by atoms with Crippen LogP contribution in [0.25, 0.3) is 0 Å². The zero-order chi connectivity index (χ0) is 12.1. The first-order valence-electron chi connectivity index (χ1n) is 6.62. The molecular weight excluding hydrogens is 251 g/mol. The lowest BCUT2D eigenvalue weighted by molar-refractivity contribution is 0.397. The Bertz CT molecular complexity index is 341. The van der Waals surface area contributed by atoms with E-state index in [1.165, 1.54) is 44.1 Å². The largest absolute Gasteiger partial charge is 0.126 e. The topological polar surface area (TPSA) is 0 Å². The smallest absolute Gasteiger partial charge is 0.0408 e. The molecule has 1 unspecified atom stereocenters. The highest BCUT2D eigenvalue weighted by Crippen LogP contribution is 2.36. The molecule has 0 bridgehead atoms. The summed E-state index contributed by atoms with van der Waals surface area (Å²) in [5.41, 5.74) is 1.32. The van der Waals surface area contributed by atoms with Crippen LogP contribution in [-0.2, 0) is 0 Å². The number of rotatable bonds is 3. The number of hydrogen-bond acceptors (Lipinski definition) is 0. The van der Waals surface area contributed by atoms with Crippen LogP contribution >= 0.6 is 23.2 Å². The molecule has 0 amide bonds. The number of hydrogen-bond donors (Lipinski definition) is 0. The maximum atomic E-state index is 6.20. The van der Waals surface area contributed by atoms with Gasteiger partial charge in [0.1, 0.15) is 0 Å². The highest BCUT2D eigenvalue weighted by Gasteiger charge is 2.23. The van der Waals surface area contributed by atoms with Crippen molar-refractivity contribution >= 4 is 23.2 Å². The van der Waals surface area contributed by atoms with Crippen LogP contribution in [0.4, 0.5) is 0 Å². The third-order valence-corrected chi connectivity index (χ3v) is 4.48. The van der Waals surface area contributed by atoms with Gasteiger partial charge in [-0.2, -0.15) is 0 Å². The monoisotopic (exact) mass is 270 g/mol. The van der Waals surface area contributed by atoms with Crippen molar-refractivity contribution in [1.29, 1.82) is 0 Å². The SMILES string of the molecule is ClCC(c1cccc(Cl)c1)C1CCCCCC1. The highest BCUT2D eigenvalue weighted by molar-refractivity contribution is 6.30. The summed E-state index contributed by atoms with van der Waals surface area (Å²) in [5, 5.41) is 0.825. The van der Waals surface area contributed by atoms with Crippen LogP contribution in [0.2, 0.25) is 5.02 Å². The predicted octanol–water partition coefficient (Wildman–Crippen LogP) is 5.63. The van der Waals surface area contributed by atoms with Gasteiger partial charge in [-0.25, -0.2) is 0 Å². The molecule has 94 valence electrons. The van der Waals surface area contributed by atoms with Gasteiger partial charge in [-0.05, 0) is 36.5 Å². The summed E-state index contributed by atoms with van der Waals surface area (Å²) in [6.45, 7) is 0. The molecule has 0 saturated heterocycles. The van der Waals surface area contributed by atoms with Crippen LogP contribution in [-0.4, -0.2) is 5.88 Å². The van der Waals surface area contributed by atoms with Crippen LogP contribution in [0, 0.1) is 5.92 Å². The zero-order valence-electron chi connectivity index (χ0n) is 10.2. The molecule has 0 spiro atoms. The Morgan fingerprint density at radius 1 is 1.12 bits per heavy atom. The van der Waals surface area contributed by atoms with Crippen molar-refractivity contribution in [1.82, 2.24) is 0 Å². The fraction of sp³-hybridized carbons (Fsp3) is 0.600. The Balaban J connectivity index is 2.14. The zero-order valence-corrected chi connectivity index (χ0v) is 11.7. The second kappa shape index (κ2) is 6.66. The molecule has 0 aliphatic heterocycles. The normalized spacial score (nSPS) is 19.9. The molecule has 1 aromatic rings. The Hall–Kier alpha value is -0.200. The lowest BCUT2D eigenvalue weighted by Crippen LogP contribution is -2.14. The van der Waals surface area contributed by atoms with Gasteiger partial charge < -0.3 is 0 Å². The highest BCUT2D eigenvalue weighted by atomic mass is 35.5. The van der Waals surface area contributed by atoms with E-state index in [2.05, 4.69) is 12.1 Å². The van der Waals surface area contributed by atoms with E-state index in [0.29, 0.717) is 11.8 Å². The van der Waals surface area contributed by atoms with Crippen molar-refractivity contribution in [2.45, 2.75) is 44.4 Å². The Morgan fingerprint density at radius 3 is 2.41 bits per heavy atom. The molecule has 2 rings (SSSR count). The van der Waals surface area contributed by atoms with Crippen molar-refractivity contribution < 1.29 is 0 Å². The van der Waals surface area contributed by atoms with E-state index >= 15 is 0 Å². The van der Waals surface area contributed by atoms with Crippen molar-refractivity contribution in [2.75, 3.05) is 5.88 Å². The van der Waals surface area contributed by atoms with Crippen LogP contribution in [0.1, 0.15) is 50.0 Å². The number of halogens is 2. The van der Waals surface area contributed by atoms with Crippen LogP contribution < -0.4 is 0 Å². The van der Waals surface area contributed by atoms with Gasteiger partial charge in [0.15, 0.2) is 0 Å². The molecule has 1 saturated carbocycles. The van der Waals surface area contributed by atoms with E-state index in [1.807, 2.05) is 12.1 Å². The van der Waals surface area contributed by atoms with Crippen molar-refractivity contribution in [3.8, 4) is 0 Å². The maximum absolute atomic E-state index is 6.20. The summed E-state index contributed by atoms with van der Waals surface area (Å²) in [4.78, 5) is 0. The molecule has 1 fully saturated rings. The van der Waals surface area contributed by atoms with Gasteiger partial charge in [0, 0.05) is 16.8 Å². The quantitative estimate of drug-likeness (QED) is 0.493. The Kier molecular flexibility index (Phi) is 5.18. The van der Waals surface area contributed by atoms with Crippen LogP contribution in [0.3, 0.4) is 0 Å². The molecule has 0 nitrogen and oxygen atoms in total. The molecule has 1 aromatic carbocycles. The van der Waals surface area contributed by atoms with E-state index in [9.17, 15) is 0 Å². The molecule has 17 heavy (non-hydrogen) atoms. The van der Waals surface area contributed by atoms with Gasteiger partial charge in [-0.3, -0.25) is 0 Å². The fourth-order valence-corrected chi connectivity index (χ4v) is 3.57. The van der Waals surface area contributed by atoms with Crippen molar-refractivity contribution in [3.63, 3.8) is 0 Å². The second-order valence-electron chi connectivity index (χ2n) is 5.07. The van der Waals surface area contributed by atoms with Gasteiger partial charge in [-0.1, -0.05) is 49.4 Å². The minimum atomic E-state index is 0.480. The van der Waals surface area contributed by atoms with E-state index in [-0.39, 0.29) is 0 Å². The second-order valence-corrected chi connectivity index (χ2v) is 5.81. The van der Waals surface area contributed by atoms with E-state index in [1.54, 1.807) is 0 Å². The maximum Gasteiger partial charge on any atom is 0.0408 e. The third-order valence-electron chi connectivity index (χ3n) is 3.91. The first-order chi connectivity index (χ1) is 8.31. The molecular formula is C15H20Cl2. The van der Waals surface area contributed by atoms with Gasteiger partial charge in [0.05, 0.1) is 0 Å². The molecule has 2 heteroatoms. The molecule has 0 radical (unpaired) electrons. The molecule has 1 atom stereocenters. The first-order valence-corrected chi connectivity index (χ1v) is 7.54. The van der Waals surface area contributed by atoms with E-state index < -0.39 is 0 Å². The molecule has 0 aromatic heterocycles. The minimum absolute atomic E-state index is 0.480. The van der Waals surface area contributed by atoms with Gasteiger partial charge in [0.2, 0.25) is 0 Å². The van der Waals surface area contributed by atoms with Crippen LogP contribution in [0.15, 0.2) is 24.3 Å². The average molecular weight is 271 g/mol. The molecule has 0 N–H and O–H groups in total. The minimum Gasteiger partial charge on any atom is -0.126 e. The van der Waals surface area contributed by atoms with Crippen molar-refractivity contribution in [3.05, 3.63) is 34.9 Å². The van der Waals surface area contributed by atoms with Crippen LogP contribution in [0.5, 0.6) is 0 Å². The standard InChI is InChI=1S/C15H20Cl2/c16-11-15(12-6-3-1-2-4-7-12)13-8-5-9-14(17)10-13/h5,8-10,12,15H,1-4,6-7,11H2. The lowest BCUT2D eigenvalue weighted by atomic mass is 9.82. The summed E-state index contributed by atoms with van der Waals surface area (Å²) in [6.07, 6.45) is 8.15. The number of benzene rings is 1. The Morgan fingerprint density at radius 2 is 1.82 bits per heavy atom. The first kappa shape index (κ1) is 13.2. The third kappa shape index (κ3) is 3.63. The lowest BCUT2D eigenvalue weighted by Gasteiger charge is -2.24. The summed E-state index contributed by atoms with van der Waals surface area (Å²) >= 11 is 12.3. The predicted molar refractivity (Wildman–Crippen MR) is 76.1 cm³/mol. The summed E-state index contributed by atoms with van der Waals surface area (Å²) < 4.78 is 0. The molecule has 1 aliphatic carbocycles. The summed E-state index contributed by atoms with van der Waals surface area (Å²) in [6, 6.07) is 8.22. The average Bonchev–Trinajstić information content (AvgIpc) is 2.59. The van der Waals surface area contributed by atoms with Gasteiger partial charge in [0.25, 0.3) is 0 Å². The fourth-order valence-electron chi connectivity index (χ4n) is 2.94. The van der Waals surface area contributed by atoms with E-state index in [0.717, 1.165) is 10.9 Å². The Labute approximate surface area is 114 Å². The summed E-state index contributed by atoms with van der Waals surface area (Å²) in [7, 11) is 0. The molecule has 0 heterocycles. The number of alkyl halides is 1. The summed E-state index contributed by atoms with van der Waals surface area (Å²) in [5.74, 6) is 1.94.